The second kappa shape index (κ2) is 7.12. The molecule has 0 aliphatic heterocycles. The Bertz CT molecular complexity index is 1580. The number of aromatic nitrogens is 6. The van der Waals surface area contributed by atoms with E-state index < -0.39 is 30.3 Å². The van der Waals surface area contributed by atoms with Crippen molar-refractivity contribution in [3.63, 3.8) is 0 Å². The largest absolute Gasteiger partial charge is 0.368 e. The summed E-state index contributed by atoms with van der Waals surface area (Å²) < 4.78 is 40.8. The highest BCUT2D eigenvalue weighted by Gasteiger charge is 2.52. The van der Waals surface area contributed by atoms with Gasteiger partial charge < -0.3 is 11.1 Å². The first-order valence-corrected chi connectivity index (χ1v) is 10.5. The van der Waals surface area contributed by atoms with Crippen LogP contribution in [0, 0.1) is 6.92 Å². The molecule has 4 aromatic heterocycles. The molecule has 5 rings (SSSR count). The van der Waals surface area contributed by atoms with Crippen LogP contribution in [0.25, 0.3) is 22.2 Å². The first kappa shape index (κ1) is 17.8. The molecule has 0 spiro atoms. The molecule has 11 heteroatoms. The number of alkyl halides is 1. The van der Waals surface area contributed by atoms with E-state index in [0.717, 1.165) is 10.1 Å². The van der Waals surface area contributed by atoms with E-state index in [1.807, 2.05) is 6.92 Å². The van der Waals surface area contributed by atoms with Gasteiger partial charge in [-0.1, -0.05) is 0 Å². The number of halogens is 1. The predicted octanol–water partition coefficient (Wildman–Crippen LogP) is 2.43. The summed E-state index contributed by atoms with van der Waals surface area (Å²) in [6.07, 6.45) is 1.57. The number of imidazole rings is 2. The number of carbonyl (C=O) groups excluding carboxylic acids is 1. The number of primary amides is 1. The lowest BCUT2D eigenvalue weighted by Crippen LogP contribution is -2.56. The maximum atomic E-state index is 13.8. The van der Waals surface area contributed by atoms with Crippen molar-refractivity contribution in [3.8, 4) is 0 Å². The zero-order valence-electron chi connectivity index (χ0n) is 21.3. The molecule has 3 N–H and O–H groups in total. The molecule has 4 heterocycles. The first-order chi connectivity index (χ1) is 16.8. The normalized spacial score (nSPS) is 22.2. The number of aryl methyl sites for hydroxylation is 2. The van der Waals surface area contributed by atoms with Gasteiger partial charge in [0.15, 0.2) is 5.65 Å². The van der Waals surface area contributed by atoms with E-state index in [-0.39, 0.29) is 24.4 Å². The quantitative estimate of drug-likeness (QED) is 0.476. The molecule has 0 atom stereocenters. The van der Waals surface area contributed by atoms with Crippen LogP contribution < -0.4 is 16.7 Å². The maximum Gasteiger partial charge on any atom is 0.329 e. The van der Waals surface area contributed by atoms with Crippen LogP contribution in [0.3, 0.4) is 0 Å². The minimum absolute atomic E-state index is 0.0440. The number of fused-ring (bicyclic) bond motifs is 2. The molecule has 1 aliphatic rings. The number of hydrogen-bond acceptors (Lipinski definition) is 6. The van der Waals surface area contributed by atoms with Gasteiger partial charge in [0.2, 0.25) is 5.91 Å². The van der Waals surface area contributed by atoms with Crippen molar-refractivity contribution in [1.29, 1.82) is 0 Å². The average Bonchev–Trinajstić information content (AvgIpc) is 3.29. The van der Waals surface area contributed by atoms with Gasteiger partial charge in [0.1, 0.15) is 28.9 Å². The predicted molar refractivity (Wildman–Crippen MR) is 122 cm³/mol. The number of anilines is 2. The van der Waals surface area contributed by atoms with Crippen LogP contribution in [0.2, 0.25) is 0 Å². The van der Waals surface area contributed by atoms with Gasteiger partial charge in [0.05, 0.1) is 23.6 Å². The lowest BCUT2D eigenvalue weighted by molar-refractivity contribution is -0.134. The second-order valence-electron chi connectivity index (χ2n) is 8.78. The average molecular weight is 456 g/mol. The van der Waals surface area contributed by atoms with Crippen molar-refractivity contribution in [3.05, 3.63) is 40.7 Å². The van der Waals surface area contributed by atoms with E-state index in [0.29, 0.717) is 28.3 Å². The van der Waals surface area contributed by atoms with Crippen LogP contribution in [0.5, 0.6) is 0 Å². The van der Waals surface area contributed by atoms with Crippen LogP contribution in [0.1, 0.15) is 42.4 Å². The lowest BCUT2D eigenvalue weighted by Gasteiger charge is -2.42. The van der Waals surface area contributed by atoms with E-state index in [1.165, 1.54) is 21.7 Å². The van der Waals surface area contributed by atoms with E-state index >= 15 is 0 Å². The Morgan fingerprint density at radius 3 is 2.70 bits per heavy atom. The van der Waals surface area contributed by atoms with Gasteiger partial charge in [-0.15, -0.1) is 0 Å². The second-order valence-corrected chi connectivity index (χ2v) is 8.78. The summed E-state index contributed by atoms with van der Waals surface area (Å²) in [5.41, 5.74) is 6.03. The Kier molecular flexibility index (Phi) is 3.83. The van der Waals surface area contributed by atoms with Crippen LogP contribution in [0.4, 0.5) is 16.0 Å². The van der Waals surface area contributed by atoms with E-state index in [2.05, 4.69) is 20.3 Å². The van der Waals surface area contributed by atoms with Crippen molar-refractivity contribution in [2.24, 2.45) is 12.7 Å². The summed E-state index contributed by atoms with van der Waals surface area (Å²) >= 11 is 0. The Labute approximate surface area is 192 Å². The summed E-state index contributed by atoms with van der Waals surface area (Å²) in [5.74, 6) is 0.0538. The molecule has 10 nitrogen and oxygen atoms in total. The van der Waals surface area contributed by atoms with Crippen molar-refractivity contribution < 1.29 is 13.3 Å². The van der Waals surface area contributed by atoms with Crippen molar-refractivity contribution in [2.75, 3.05) is 5.32 Å². The van der Waals surface area contributed by atoms with Crippen molar-refractivity contribution >= 4 is 39.7 Å². The number of nitrogens with one attached hydrogen (secondary N) is 1. The highest BCUT2D eigenvalue weighted by atomic mass is 19.1. The SMILES string of the molecule is [2H]C([2H])([2H])n1c(=O)n(C(C)C)c2cc(Nc3cc(C)c4ncn(C5(C(N)=O)CC(F)C5)c4n3)ncc21. The van der Waals surface area contributed by atoms with E-state index in [1.54, 1.807) is 26.0 Å². The van der Waals surface area contributed by atoms with E-state index in [9.17, 15) is 14.0 Å². The zero-order valence-corrected chi connectivity index (χ0v) is 18.3. The Morgan fingerprint density at radius 2 is 2.06 bits per heavy atom. The molecular formula is C22H25FN8O2. The molecule has 33 heavy (non-hydrogen) atoms. The van der Waals surface area contributed by atoms with Crippen LogP contribution in [-0.4, -0.2) is 40.7 Å². The number of carbonyl (C=O) groups is 1. The van der Waals surface area contributed by atoms with Gasteiger partial charge in [-0.05, 0) is 32.4 Å². The molecule has 0 unspecified atom stereocenters. The summed E-state index contributed by atoms with van der Waals surface area (Å²) in [6.45, 7) is 2.74. The fourth-order valence-electron chi connectivity index (χ4n) is 4.53. The standard InChI is InChI=1S/C22H25FN8O2/c1-11(2)31-14-6-16(25-9-15(14)29(4)21(31)33)27-17-5-12(3)18-19(28-17)30(10-26-18)22(20(24)32)7-13(23)8-22/h5-6,9-11,13H,7-8H2,1-4H3,(H2,24,32)(H,25,27,28)/i4D3. The molecular weight excluding hydrogens is 427 g/mol. The van der Waals surface area contributed by atoms with Crippen molar-refractivity contribution in [2.45, 2.75) is 51.4 Å². The Balaban J connectivity index is 1.60. The lowest BCUT2D eigenvalue weighted by atomic mass is 9.74. The Hall–Kier alpha value is -3.76. The minimum Gasteiger partial charge on any atom is -0.368 e. The van der Waals surface area contributed by atoms with Crippen LogP contribution in [-0.2, 0) is 17.3 Å². The monoisotopic (exact) mass is 455 g/mol. The number of nitrogens with two attached hydrogens (primary N) is 1. The topological polar surface area (TPSA) is 126 Å². The number of rotatable bonds is 5. The highest BCUT2D eigenvalue weighted by Crippen LogP contribution is 2.43. The van der Waals surface area contributed by atoms with Crippen molar-refractivity contribution in [1.82, 2.24) is 28.7 Å². The molecule has 0 radical (unpaired) electrons. The smallest absolute Gasteiger partial charge is 0.329 e. The van der Waals surface area contributed by atoms with Gasteiger partial charge in [0, 0.05) is 36.0 Å². The molecule has 172 valence electrons. The summed E-state index contributed by atoms with van der Waals surface area (Å²) in [7, 11) is 0. The zero-order chi connectivity index (χ0) is 26.2. The summed E-state index contributed by atoms with van der Waals surface area (Å²) in [4.78, 5) is 38.4. The molecule has 0 bridgehead atoms. The molecule has 0 aromatic carbocycles. The molecule has 1 amide bonds. The Morgan fingerprint density at radius 1 is 1.30 bits per heavy atom. The fourth-order valence-corrected chi connectivity index (χ4v) is 4.53. The third-order valence-corrected chi connectivity index (χ3v) is 6.27. The number of amides is 1. The molecule has 1 fully saturated rings. The highest BCUT2D eigenvalue weighted by molar-refractivity contribution is 5.87. The van der Waals surface area contributed by atoms with E-state index in [4.69, 9.17) is 9.85 Å². The molecule has 4 aromatic rings. The fraction of sp³-hybridized carbons (Fsp3) is 0.409. The summed E-state index contributed by atoms with van der Waals surface area (Å²) in [6, 6.07) is 3.03. The third-order valence-electron chi connectivity index (χ3n) is 6.27. The summed E-state index contributed by atoms with van der Waals surface area (Å²) in [5, 5.41) is 3.09. The number of pyridine rings is 2. The molecule has 0 saturated heterocycles. The third kappa shape index (κ3) is 3.02. The maximum absolute atomic E-state index is 13.8. The number of hydrogen-bond donors (Lipinski definition) is 2. The molecule has 1 saturated carbocycles. The van der Waals surface area contributed by atoms with Gasteiger partial charge >= 0.3 is 5.69 Å². The van der Waals surface area contributed by atoms with Gasteiger partial charge in [0.25, 0.3) is 0 Å². The first-order valence-electron chi connectivity index (χ1n) is 12.0. The van der Waals surface area contributed by atoms with Crippen LogP contribution >= 0.6 is 0 Å². The molecule has 1 aliphatic carbocycles. The van der Waals surface area contributed by atoms with Gasteiger partial charge in [-0.25, -0.2) is 24.1 Å². The van der Waals surface area contributed by atoms with Gasteiger partial charge in [-0.2, -0.15) is 0 Å². The van der Waals surface area contributed by atoms with Crippen LogP contribution in [0.15, 0.2) is 29.5 Å². The van der Waals surface area contributed by atoms with Gasteiger partial charge in [-0.3, -0.25) is 18.5 Å². The minimum atomic E-state index is -2.66. The number of nitrogens with zero attached hydrogens (tertiary/aromatic N) is 6.